The van der Waals surface area contributed by atoms with E-state index in [1.807, 2.05) is 20.9 Å². The third-order valence-corrected chi connectivity index (χ3v) is 1.93. The monoisotopic (exact) mass is 181 g/mol. The van der Waals surface area contributed by atoms with Crippen molar-refractivity contribution in [1.29, 1.82) is 0 Å². The molecule has 1 rings (SSSR count). The van der Waals surface area contributed by atoms with Crippen LogP contribution in [0, 0.1) is 24.0 Å². The number of nitrogens with zero attached hydrogens (tertiary/aromatic N) is 3. The van der Waals surface area contributed by atoms with Gasteiger partial charge in [0.25, 0.3) is 0 Å². The largest absolute Gasteiger partial charge is 0.272 e. The molecule has 0 N–H and O–H groups in total. The van der Waals surface area contributed by atoms with Gasteiger partial charge >= 0.3 is 0 Å². The van der Waals surface area contributed by atoms with Crippen molar-refractivity contribution in [3.05, 3.63) is 33.3 Å². The summed E-state index contributed by atoms with van der Waals surface area (Å²) in [6.45, 7) is 3.70. The van der Waals surface area contributed by atoms with Crippen molar-refractivity contribution in [3.63, 3.8) is 0 Å². The molecule has 5 nitrogen and oxygen atoms in total. The summed E-state index contributed by atoms with van der Waals surface area (Å²) in [7, 11) is 1.81. The number of hydrogen-bond acceptors (Lipinski definition) is 3. The molecule has 0 saturated heterocycles. The second-order valence-electron chi connectivity index (χ2n) is 2.81. The molecular formula is C8H11N3O2. The Hall–Kier alpha value is -1.65. The van der Waals surface area contributed by atoms with Gasteiger partial charge < -0.3 is 0 Å². The van der Waals surface area contributed by atoms with Crippen molar-refractivity contribution in [2.75, 3.05) is 0 Å². The first-order valence-electron chi connectivity index (χ1n) is 3.84. The van der Waals surface area contributed by atoms with Crippen LogP contribution in [-0.4, -0.2) is 14.7 Å². The van der Waals surface area contributed by atoms with Gasteiger partial charge in [0, 0.05) is 24.4 Å². The van der Waals surface area contributed by atoms with E-state index < -0.39 is 4.92 Å². The highest BCUT2D eigenvalue weighted by Crippen LogP contribution is 2.13. The SMILES string of the molecule is Cc1nn(C)c(C)c1/C=C/[N+](=O)[O-]. The number of aryl methyl sites for hydroxylation is 2. The summed E-state index contributed by atoms with van der Waals surface area (Å²) in [5.41, 5.74) is 2.55. The van der Waals surface area contributed by atoms with E-state index in [2.05, 4.69) is 5.10 Å². The molecule has 0 aromatic carbocycles. The van der Waals surface area contributed by atoms with Crippen molar-refractivity contribution in [1.82, 2.24) is 9.78 Å². The average molecular weight is 181 g/mol. The van der Waals surface area contributed by atoms with Crippen LogP contribution in [0.4, 0.5) is 0 Å². The Morgan fingerprint density at radius 1 is 1.54 bits per heavy atom. The molecule has 0 fully saturated rings. The highest BCUT2D eigenvalue weighted by Gasteiger charge is 2.06. The molecule has 0 aliphatic heterocycles. The summed E-state index contributed by atoms with van der Waals surface area (Å²) in [5.74, 6) is 0. The van der Waals surface area contributed by atoms with Gasteiger partial charge in [0.15, 0.2) is 0 Å². The van der Waals surface area contributed by atoms with Crippen LogP contribution in [0.25, 0.3) is 6.08 Å². The zero-order chi connectivity index (χ0) is 10.0. The standard InChI is InChI=1S/C8H11N3O2/c1-6-8(4-5-11(12)13)7(2)10(3)9-6/h4-5H,1-3H3/b5-4+. The Kier molecular flexibility index (Phi) is 2.46. The smallest absolute Gasteiger partial charge is 0.235 e. The summed E-state index contributed by atoms with van der Waals surface area (Å²) >= 11 is 0. The van der Waals surface area contributed by atoms with E-state index in [1.54, 1.807) is 4.68 Å². The fraction of sp³-hybridized carbons (Fsp3) is 0.375. The number of rotatable bonds is 2. The summed E-state index contributed by atoms with van der Waals surface area (Å²) in [4.78, 5) is 9.61. The van der Waals surface area contributed by atoms with Crippen LogP contribution >= 0.6 is 0 Å². The second kappa shape index (κ2) is 3.38. The summed E-state index contributed by atoms with van der Waals surface area (Å²) < 4.78 is 1.70. The predicted molar refractivity (Wildman–Crippen MR) is 48.7 cm³/mol. The molecule has 0 amide bonds. The molecule has 0 bridgehead atoms. The van der Waals surface area contributed by atoms with Gasteiger partial charge in [-0.05, 0) is 13.8 Å². The molecule has 0 spiro atoms. The first-order valence-corrected chi connectivity index (χ1v) is 3.84. The van der Waals surface area contributed by atoms with Crippen LogP contribution in [0.5, 0.6) is 0 Å². The number of nitro groups is 1. The highest BCUT2D eigenvalue weighted by molar-refractivity contribution is 5.53. The molecule has 70 valence electrons. The Morgan fingerprint density at radius 2 is 2.15 bits per heavy atom. The lowest BCUT2D eigenvalue weighted by Gasteiger charge is -1.92. The lowest BCUT2D eigenvalue weighted by atomic mass is 10.2. The summed E-state index contributed by atoms with van der Waals surface area (Å²) in [5, 5.41) is 14.2. The average Bonchev–Trinajstić information content (AvgIpc) is 2.24. The Labute approximate surface area is 75.8 Å². The lowest BCUT2D eigenvalue weighted by Crippen LogP contribution is -1.92. The van der Waals surface area contributed by atoms with Crippen molar-refractivity contribution in [2.24, 2.45) is 7.05 Å². The fourth-order valence-electron chi connectivity index (χ4n) is 1.17. The molecule has 0 aliphatic rings. The first kappa shape index (κ1) is 9.44. The molecule has 0 saturated carbocycles. The van der Waals surface area contributed by atoms with Crippen molar-refractivity contribution < 1.29 is 4.92 Å². The Bertz CT molecular complexity index is 366. The number of aromatic nitrogens is 2. The van der Waals surface area contributed by atoms with Crippen molar-refractivity contribution >= 4 is 6.08 Å². The molecule has 0 unspecified atom stereocenters. The van der Waals surface area contributed by atoms with Crippen LogP contribution in [-0.2, 0) is 7.05 Å². The zero-order valence-electron chi connectivity index (χ0n) is 7.81. The molecule has 0 atom stereocenters. The topological polar surface area (TPSA) is 61.0 Å². The fourth-order valence-corrected chi connectivity index (χ4v) is 1.17. The van der Waals surface area contributed by atoms with Gasteiger partial charge in [-0.2, -0.15) is 5.10 Å². The van der Waals surface area contributed by atoms with Crippen LogP contribution in [0.2, 0.25) is 0 Å². The summed E-state index contributed by atoms with van der Waals surface area (Å²) in [6.07, 6.45) is 2.40. The zero-order valence-corrected chi connectivity index (χ0v) is 7.81. The third kappa shape index (κ3) is 1.93. The molecule has 13 heavy (non-hydrogen) atoms. The first-order chi connectivity index (χ1) is 6.02. The minimum absolute atomic E-state index is 0.480. The molecule has 1 heterocycles. The normalized spacial score (nSPS) is 11.0. The molecule has 0 radical (unpaired) electrons. The third-order valence-electron chi connectivity index (χ3n) is 1.93. The molecular weight excluding hydrogens is 170 g/mol. The lowest BCUT2D eigenvalue weighted by molar-refractivity contribution is -0.400. The minimum atomic E-state index is -0.480. The van der Waals surface area contributed by atoms with E-state index in [4.69, 9.17) is 0 Å². The van der Waals surface area contributed by atoms with E-state index in [0.29, 0.717) is 0 Å². The van der Waals surface area contributed by atoms with Crippen LogP contribution in [0.3, 0.4) is 0 Å². The second-order valence-corrected chi connectivity index (χ2v) is 2.81. The van der Waals surface area contributed by atoms with E-state index in [1.165, 1.54) is 6.08 Å². The maximum atomic E-state index is 10.1. The van der Waals surface area contributed by atoms with Gasteiger partial charge in [0.1, 0.15) is 0 Å². The van der Waals surface area contributed by atoms with E-state index in [0.717, 1.165) is 23.2 Å². The minimum Gasteiger partial charge on any atom is -0.272 e. The van der Waals surface area contributed by atoms with Crippen LogP contribution in [0.15, 0.2) is 6.20 Å². The quantitative estimate of drug-likeness (QED) is 0.510. The van der Waals surface area contributed by atoms with Crippen molar-refractivity contribution in [3.8, 4) is 0 Å². The molecule has 1 aromatic heterocycles. The van der Waals surface area contributed by atoms with Gasteiger partial charge in [-0.15, -0.1) is 0 Å². The van der Waals surface area contributed by atoms with E-state index in [-0.39, 0.29) is 0 Å². The van der Waals surface area contributed by atoms with Gasteiger partial charge in [0.05, 0.1) is 10.6 Å². The highest BCUT2D eigenvalue weighted by atomic mass is 16.6. The molecule has 0 aliphatic carbocycles. The van der Waals surface area contributed by atoms with Gasteiger partial charge in [-0.25, -0.2) is 0 Å². The predicted octanol–water partition coefficient (Wildman–Crippen LogP) is 1.28. The van der Waals surface area contributed by atoms with Gasteiger partial charge in [-0.3, -0.25) is 14.8 Å². The summed E-state index contributed by atoms with van der Waals surface area (Å²) in [6, 6.07) is 0. The van der Waals surface area contributed by atoms with Gasteiger partial charge in [-0.1, -0.05) is 0 Å². The van der Waals surface area contributed by atoms with Gasteiger partial charge in [0.2, 0.25) is 6.20 Å². The van der Waals surface area contributed by atoms with E-state index in [9.17, 15) is 10.1 Å². The molecule has 5 heteroatoms. The number of hydrogen-bond donors (Lipinski definition) is 0. The maximum Gasteiger partial charge on any atom is 0.235 e. The van der Waals surface area contributed by atoms with Crippen LogP contribution in [0.1, 0.15) is 17.0 Å². The Balaban J connectivity index is 3.07. The van der Waals surface area contributed by atoms with Crippen molar-refractivity contribution in [2.45, 2.75) is 13.8 Å². The Morgan fingerprint density at radius 3 is 2.54 bits per heavy atom. The van der Waals surface area contributed by atoms with Crippen LogP contribution < -0.4 is 0 Å². The molecule has 1 aromatic rings. The van der Waals surface area contributed by atoms with E-state index >= 15 is 0 Å². The maximum absolute atomic E-state index is 10.1.